The van der Waals surface area contributed by atoms with Gasteiger partial charge in [-0.2, -0.15) is 0 Å². The molecule has 1 aromatic heterocycles. The van der Waals surface area contributed by atoms with E-state index in [0.717, 1.165) is 22.3 Å². The molecule has 0 aliphatic heterocycles. The van der Waals surface area contributed by atoms with Gasteiger partial charge >= 0.3 is 0 Å². The number of aromatic nitrogens is 1. The van der Waals surface area contributed by atoms with Crippen LogP contribution in [-0.4, -0.2) is 27.4 Å². The number of aliphatic hydroxyl groups excluding tert-OH is 2. The monoisotopic (exact) mass is 543 g/mol. The fourth-order valence-corrected chi connectivity index (χ4v) is 3.01. The maximum atomic E-state index is 8.56. The van der Waals surface area contributed by atoms with Crippen molar-refractivity contribution in [1.29, 1.82) is 0 Å². The number of fused-ring (bicyclic) bond motifs is 1. The zero-order valence-corrected chi connectivity index (χ0v) is 19.0. The van der Waals surface area contributed by atoms with Crippen LogP contribution in [0.15, 0.2) is 42.5 Å². The Morgan fingerprint density at radius 1 is 0.963 bits per heavy atom. The predicted molar refractivity (Wildman–Crippen MR) is 108 cm³/mol. The Balaban J connectivity index is 0.000000395. The third-order valence-corrected chi connectivity index (χ3v) is 4.03. The summed E-state index contributed by atoms with van der Waals surface area (Å²) in [6.07, 6.45) is -0.278. The summed E-state index contributed by atoms with van der Waals surface area (Å²) < 4.78 is 0. The van der Waals surface area contributed by atoms with Crippen LogP contribution in [0.5, 0.6) is 0 Å². The molecule has 4 heteroatoms. The summed E-state index contributed by atoms with van der Waals surface area (Å²) in [5, 5.41) is 18.3. The Hall–Kier alpha value is -1.58. The van der Waals surface area contributed by atoms with E-state index in [2.05, 4.69) is 63.2 Å². The van der Waals surface area contributed by atoms with Gasteiger partial charge in [-0.1, -0.05) is 38.1 Å². The first kappa shape index (κ1) is 23.5. The standard InChI is InChI=1S/C18H16N.C5H12O2.Ir/c1-12-8-13(2)10-15(9-12)18-11-14(3)16-6-4-5-7-17(16)19-18;1-4(6)3-5(2)7;/h4-9,11H,1-3H3;4-7H,3H2,1-2H3;/q-1;;. The minimum Gasteiger partial charge on any atom is -0.393 e. The minimum absolute atomic E-state index is 0. The van der Waals surface area contributed by atoms with Crippen molar-refractivity contribution in [3.05, 3.63) is 65.2 Å². The third kappa shape index (κ3) is 7.15. The molecule has 147 valence electrons. The van der Waals surface area contributed by atoms with Gasteiger partial charge in [0.1, 0.15) is 0 Å². The first-order valence-corrected chi connectivity index (χ1v) is 8.99. The molecule has 27 heavy (non-hydrogen) atoms. The average molecular weight is 543 g/mol. The molecule has 3 rings (SSSR count). The second-order valence-electron chi connectivity index (χ2n) is 7.03. The van der Waals surface area contributed by atoms with E-state index in [1.165, 1.54) is 16.5 Å². The molecule has 0 fully saturated rings. The molecule has 0 aliphatic carbocycles. The Kier molecular flexibility index (Phi) is 9.28. The van der Waals surface area contributed by atoms with E-state index in [1.54, 1.807) is 13.8 Å². The Bertz CT molecular complexity index is 849. The van der Waals surface area contributed by atoms with E-state index in [9.17, 15) is 0 Å². The molecule has 2 aromatic carbocycles. The number of benzene rings is 2. The molecule has 1 radical (unpaired) electrons. The zero-order valence-electron chi connectivity index (χ0n) is 16.6. The topological polar surface area (TPSA) is 53.4 Å². The van der Waals surface area contributed by atoms with E-state index < -0.39 is 0 Å². The van der Waals surface area contributed by atoms with Crippen LogP contribution in [0.2, 0.25) is 0 Å². The molecule has 2 N–H and O–H groups in total. The second kappa shape index (κ2) is 10.7. The van der Waals surface area contributed by atoms with Crippen LogP contribution >= 0.6 is 0 Å². The molecule has 0 bridgehead atoms. The van der Waals surface area contributed by atoms with Gasteiger partial charge in [-0.05, 0) is 44.5 Å². The van der Waals surface area contributed by atoms with Crippen LogP contribution in [0.4, 0.5) is 0 Å². The molecule has 0 aliphatic rings. The normalized spacial score (nSPS) is 12.6. The molecule has 0 amide bonds. The van der Waals surface area contributed by atoms with Crippen molar-refractivity contribution in [3.8, 4) is 11.3 Å². The van der Waals surface area contributed by atoms with E-state index in [-0.39, 0.29) is 32.3 Å². The van der Waals surface area contributed by atoms with E-state index in [4.69, 9.17) is 15.2 Å². The Morgan fingerprint density at radius 2 is 1.59 bits per heavy atom. The van der Waals surface area contributed by atoms with Crippen LogP contribution in [-0.2, 0) is 20.1 Å². The molecule has 2 atom stereocenters. The zero-order chi connectivity index (χ0) is 19.3. The molecule has 0 saturated carbocycles. The van der Waals surface area contributed by atoms with Gasteiger partial charge < -0.3 is 10.2 Å². The van der Waals surface area contributed by atoms with Gasteiger partial charge in [0.05, 0.1) is 17.7 Å². The van der Waals surface area contributed by atoms with Crippen LogP contribution in [0.3, 0.4) is 0 Å². The number of hydrogen-bond acceptors (Lipinski definition) is 3. The fourth-order valence-electron chi connectivity index (χ4n) is 3.01. The molecular weight excluding hydrogens is 514 g/mol. The first-order chi connectivity index (χ1) is 12.3. The summed E-state index contributed by atoms with van der Waals surface area (Å²) in [7, 11) is 0. The molecule has 2 unspecified atom stereocenters. The summed E-state index contributed by atoms with van der Waals surface area (Å²) in [6.45, 7) is 9.64. The smallest absolute Gasteiger partial charge is 0.0597 e. The van der Waals surface area contributed by atoms with Gasteiger partial charge in [0.25, 0.3) is 0 Å². The maximum Gasteiger partial charge on any atom is 0.0597 e. The Morgan fingerprint density at radius 3 is 2.15 bits per heavy atom. The maximum absolute atomic E-state index is 8.56. The van der Waals surface area contributed by atoms with Crippen molar-refractivity contribution in [2.24, 2.45) is 0 Å². The SMILES string of the molecule is CC(O)CC(C)O.Cc1[c-]c(-c2cc(C)c3ccccc3n2)cc(C)c1.[Ir]. The van der Waals surface area contributed by atoms with Crippen molar-refractivity contribution in [3.63, 3.8) is 0 Å². The largest absolute Gasteiger partial charge is 0.393 e. The van der Waals surface area contributed by atoms with Crippen molar-refractivity contribution in [2.75, 3.05) is 0 Å². The number of hydrogen-bond donors (Lipinski definition) is 2. The average Bonchev–Trinajstić information content (AvgIpc) is 2.53. The molecular formula is C23H28IrNO2-. The van der Waals surface area contributed by atoms with E-state index >= 15 is 0 Å². The number of rotatable bonds is 3. The van der Waals surface area contributed by atoms with Crippen LogP contribution < -0.4 is 0 Å². The van der Waals surface area contributed by atoms with Crippen molar-refractivity contribution >= 4 is 10.9 Å². The van der Waals surface area contributed by atoms with Crippen LogP contribution in [0.25, 0.3) is 22.2 Å². The fraction of sp³-hybridized carbons (Fsp3) is 0.348. The van der Waals surface area contributed by atoms with Gasteiger partial charge in [0.15, 0.2) is 0 Å². The summed E-state index contributed by atoms with van der Waals surface area (Å²) in [5.41, 5.74) is 6.79. The molecule has 3 aromatic rings. The summed E-state index contributed by atoms with van der Waals surface area (Å²) in [5.74, 6) is 0. The first-order valence-electron chi connectivity index (χ1n) is 8.99. The summed E-state index contributed by atoms with van der Waals surface area (Å²) in [6, 6.07) is 18.1. The summed E-state index contributed by atoms with van der Waals surface area (Å²) in [4.78, 5) is 4.76. The van der Waals surface area contributed by atoms with Crippen LogP contribution in [0.1, 0.15) is 37.0 Å². The van der Waals surface area contributed by atoms with E-state index in [1.807, 2.05) is 6.07 Å². The number of pyridine rings is 1. The predicted octanol–water partition coefficient (Wildman–Crippen LogP) is 4.76. The van der Waals surface area contributed by atoms with Gasteiger partial charge in [0, 0.05) is 25.5 Å². The second-order valence-corrected chi connectivity index (χ2v) is 7.03. The third-order valence-electron chi connectivity index (χ3n) is 4.03. The van der Waals surface area contributed by atoms with Gasteiger partial charge in [-0.3, -0.25) is 4.98 Å². The van der Waals surface area contributed by atoms with Crippen molar-refractivity contribution in [2.45, 2.75) is 53.2 Å². The molecule has 1 heterocycles. The number of para-hydroxylation sites is 1. The molecule has 0 spiro atoms. The molecule has 3 nitrogen and oxygen atoms in total. The van der Waals surface area contributed by atoms with Gasteiger partial charge in [-0.15, -0.1) is 34.9 Å². The number of aliphatic hydroxyl groups is 2. The number of nitrogens with zero attached hydrogens (tertiary/aromatic N) is 1. The Labute approximate surface area is 175 Å². The summed E-state index contributed by atoms with van der Waals surface area (Å²) >= 11 is 0. The quantitative estimate of drug-likeness (QED) is 0.469. The van der Waals surface area contributed by atoms with Crippen LogP contribution in [0, 0.1) is 26.8 Å². The van der Waals surface area contributed by atoms with Gasteiger partial charge in [-0.25, -0.2) is 0 Å². The minimum atomic E-state index is -0.375. The molecule has 0 saturated heterocycles. The van der Waals surface area contributed by atoms with Crippen molar-refractivity contribution < 1.29 is 30.3 Å². The number of aryl methyl sites for hydroxylation is 3. The van der Waals surface area contributed by atoms with Gasteiger partial charge in [0.2, 0.25) is 0 Å². The van der Waals surface area contributed by atoms with Crippen molar-refractivity contribution in [1.82, 2.24) is 4.98 Å². The van der Waals surface area contributed by atoms with E-state index in [0.29, 0.717) is 6.42 Å².